The number of hydrogen-bond donors (Lipinski definition) is 1. The molecule has 2 atom stereocenters. The number of aryl methyl sites for hydroxylation is 1. The van der Waals surface area contributed by atoms with E-state index in [1.807, 2.05) is 30.3 Å². The molecule has 0 aliphatic carbocycles. The second kappa shape index (κ2) is 5.03. The molecule has 0 spiro atoms. The van der Waals surface area contributed by atoms with Crippen molar-refractivity contribution < 1.29 is 9.59 Å². The Labute approximate surface area is 112 Å². The third-order valence-corrected chi connectivity index (χ3v) is 4.02. The molecule has 4 nitrogen and oxygen atoms in total. The summed E-state index contributed by atoms with van der Waals surface area (Å²) in [5.41, 5.74) is 1.20. The first kappa shape index (κ1) is 12.2. The van der Waals surface area contributed by atoms with Crippen LogP contribution in [0.5, 0.6) is 0 Å². The molecule has 1 aromatic rings. The molecule has 0 radical (unpaired) electrons. The number of nitrogens with one attached hydrogen (secondary N) is 1. The van der Waals surface area contributed by atoms with E-state index in [0.717, 1.165) is 25.8 Å². The summed E-state index contributed by atoms with van der Waals surface area (Å²) in [6.45, 7) is 0.735. The molecule has 1 N–H and O–H groups in total. The van der Waals surface area contributed by atoms with Crippen molar-refractivity contribution in [3.05, 3.63) is 35.9 Å². The average molecular weight is 258 g/mol. The van der Waals surface area contributed by atoms with E-state index in [-0.39, 0.29) is 23.9 Å². The molecular weight excluding hydrogens is 240 g/mol. The van der Waals surface area contributed by atoms with Crippen molar-refractivity contribution in [1.29, 1.82) is 0 Å². The number of rotatable bonds is 3. The van der Waals surface area contributed by atoms with E-state index in [0.29, 0.717) is 6.42 Å². The third-order valence-electron chi connectivity index (χ3n) is 4.02. The second-order valence-corrected chi connectivity index (χ2v) is 5.28. The Bertz CT molecular complexity index is 486. The van der Waals surface area contributed by atoms with Crippen molar-refractivity contribution in [2.45, 2.75) is 37.8 Å². The molecule has 100 valence electrons. The van der Waals surface area contributed by atoms with E-state index in [4.69, 9.17) is 0 Å². The van der Waals surface area contributed by atoms with E-state index in [1.54, 1.807) is 4.90 Å². The first-order chi connectivity index (χ1) is 9.25. The van der Waals surface area contributed by atoms with E-state index < -0.39 is 0 Å². The first-order valence-electron chi connectivity index (χ1n) is 6.90. The van der Waals surface area contributed by atoms with Gasteiger partial charge in [0, 0.05) is 6.54 Å². The van der Waals surface area contributed by atoms with Crippen LogP contribution >= 0.6 is 0 Å². The molecular formula is C15H18N2O2. The minimum Gasteiger partial charge on any atom is -0.342 e. The molecule has 4 heteroatoms. The van der Waals surface area contributed by atoms with Crippen LogP contribution in [0.25, 0.3) is 0 Å². The highest BCUT2D eigenvalue weighted by Crippen LogP contribution is 2.23. The molecule has 0 unspecified atom stereocenters. The third kappa shape index (κ3) is 2.35. The first-order valence-corrected chi connectivity index (χ1v) is 6.90. The highest BCUT2D eigenvalue weighted by molar-refractivity contribution is 5.97. The molecule has 1 aromatic carbocycles. The maximum absolute atomic E-state index is 12.3. The molecule has 2 aliphatic rings. The van der Waals surface area contributed by atoms with Crippen LogP contribution in [0.15, 0.2) is 30.3 Å². The quantitative estimate of drug-likeness (QED) is 0.883. The van der Waals surface area contributed by atoms with Crippen LogP contribution in [-0.2, 0) is 16.0 Å². The van der Waals surface area contributed by atoms with Crippen LogP contribution in [0, 0.1) is 0 Å². The molecule has 2 saturated heterocycles. The van der Waals surface area contributed by atoms with E-state index in [2.05, 4.69) is 5.32 Å². The Balaban J connectivity index is 1.65. The lowest BCUT2D eigenvalue weighted by Gasteiger charge is -2.34. The predicted octanol–water partition coefficient (Wildman–Crippen LogP) is 1.11. The van der Waals surface area contributed by atoms with Crippen molar-refractivity contribution >= 4 is 11.8 Å². The zero-order chi connectivity index (χ0) is 13.2. The molecule has 2 fully saturated rings. The Kier molecular flexibility index (Phi) is 3.23. The largest absolute Gasteiger partial charge is 0.342 e. The smallest absolute Gasteiger partial charge is 0.245 e. The summed E-state index contributed by atoms with van der Waals surface area (Å²) in [5.74, 6) is 0.119. The van der Waals surface area contributed by atoms with Crippen LogP contribution < -0.4 is 5.32 Å². The van der Waals surface area contributed by atoms with Crippen molar-refractivity contribution in [3.63, 3.8) is 0 Å². The summed E-state index contributed by atoms with van der Waals surface area (Å²) in [4.78, 5) is 26.0. The van der Waals surface area contributed by atoms with Crippen molar-refractivity contribution in [2.24, 2.45) is 0 Å². The number of amides is 2. The van der Waals surface area contributed by atoms with Gasteiger partial charge in [0.25, 0.3) is 0 Å². The monoisotopic (exact) mass is 258 g/mol. The molecule has 3 rings (SSSR count). The maximum atomic E-state index is 12.3. The minimum atomic E-state index is -0.345. The number of benzene rings is 1. The van der Waals surface area contributed by atoms with Crippen LogP contribution in [-0.4, -0.2) is 35.3 Å². The van der Waals surface area contributed by atoms with E-state index in [9.17, 15) is 9.59 Å². The average Bonchev–Trinajstić information content (AvgIpc) is 2.92. The lowest BCUT2D eigenvalue weighted by Crippen LogP contribution is -2.61. The van der Waals surface area contributed by atoms with Gasteiger partial charge in [0.2, 0.25) is 11.8 Å². The Morgan fingerprint density at radius 3 is 2.79 bits per heavy atom. The van der Waals surface area contributed by atoms with Crippen molar-refractivity contribution in [1.82, 2.24) is 10.2 Å². The van der Waals surface area contributed by atoms with Crippen LogP contribution in [0.3, 0.4) is 0 Å². The zero-order valence-electron chi connectivity index (χ0n) is 10.8. The maximum Gasteiger partial charge on any atom is 0.245 e. The number of fused-ring (bicyclic) bond motifs is 1. The fourth-order valence-electron chi connectivity index (χ4n) is 2.98. The highest BCUT2D eigenvalue weighted by Gasteiger charge is 2.42. The SMILES string of the molecule is O=C1N[C@H](CCc2ccccc2)C(=O)N2CCC[C@H]12. The molecule has 19 heavy (non-hydrogen) atoms. The van der Waals surface area contributed by atoms with Gasteiger partial charge < -0.3 is 10.2 Å². The number of carbonyl (C=O) groups excluding carboxylic acids is 2. The van der Waals surface area contributed by atoms with Gasteiger partial charge >= 0.3 is 0 Å². The summed E-state index contributed by atoms with van der Waals surface area (Å²) in [7, 11) is 0. The van der Waals surface area contributed by atoms with Crippen LogP contribution in [0.1, 0.15) is 24.8 Å². The molecule has 0 saturated carbocycles. The summed E-state index contributed by atoms with van der Waals surface area (Å²) < 4.78 is 0. The lowest BCUT2D eigenvalue weighted by atomic mass is 10.0. The second-order valence-electron chi connectivity index (χ2n) is 5.28. The predicted molar refractivity (Wildman–Crippen MR) is 71.4 cm³/mol. The van der Waals surface area contributed by atoms with Gasteiger partial charge in [0.05, 0.1) is 0 Å². The normalized spacial score (nSPS) is 26.2. The molecule has 2 aliphatic heterocycles. The molecule has 2 amide bonds. The van der Waals surface area contributed by atoms with Gasteiger partial charge in [0.1, 0.15) is 12.1 Å². The van der Waals surface area contributed by atoms with Gasteiger partial charge in [-0.2, -0.15) is 0 Å². The lowest BCUT2D eigenvalue weighted by molar-refractivity contribution is -0.147. The van der Waals surface area contributed by atoms with Crippen molar-refractivity contribution in [3.8, 4) is 0 Å². The number of piperazine rings is 1. The topological polar surface area (TPSA) is 49.4 Å². The minimum absolute atomic E-state index is 0.0233. The van der Waals surface area contributed by atoms with Gasteiger partial charge in [-0.3, -0.25) is 9.59 Å². The van der Waals surface area contributed by atoms with E-state index in [1.165, 1.54) is 5.56 Å². The van der Waals surface area contributed by atoms with Gasteiger partial charge in [-0.1, -0.05) is 30.3 Å². The van der Waals surface area contributed by atoms with Gasteiger partial charge in [-0.15, -0.1) is 0 Å². The van der Waals surface area contributed by atoms with Crippen LogP contribution in [0.2, 0.25) is 0 Å². The number of carbonyl (C=O) groups is 2. The van der Waals surface area contributed by atoms with Gasteiger partial charge in [-0.25, -0.2) is 0 Å². The number of hydrogen-bond acceptors (Lipinski definition) is 2. The Morgan fingerprint density at radius 1 is 1.21 bits per heavy atom. The fourth-order valence-corrected chi connectivity index (χ4v) is 2.98. The standard InChI is InChI=1S/C15H18N2O2/c18-14-13-7-4-10-17(13)15(19)12(16-14)9-8-11-5-2-1-3-6-11/h1-3,5-6,12-13H,4,7-10H2,(H,16,18)/t12-,13-/m1/s1. The summed E-state index contributed by atoms with van der Waals surface area (Å²) in [6.07, 6.45) is 3.24. The number of nitrogens with zero attached hydrogens (tertiary/aromatic N) is 1. The van der Waals surface area contributed by atoms with Crippen molar-refractivity contribution in [2.75, 3.05) is 6.54 Å². The molecule has 0 aromatic heterocycles. The summed E-state index contributed by atoms with van der Waals surface area (Å²) >= 11 is 0. The van der Waals surface area contributed by atoms with Gasteiger partial charge in [-0.05, 0) is 31.2 Å². The Morgan fingerprint density at radius 2 is 2.00 bits per heavy atom. The summed E-state index contributed by atoms with van der Waals surface area (Å²) in [5, 5.41) is 2.88. The Hall–Kier alpha value is -1.84. The van der Waals surface area contributed by atoms with Gasteiger partial charge in [0.15, 0.2) is 0 Å². The van der Waals surface area contributed by atoms with E-state index >= 15 is 0 Å². The highest BCUT2D eigenvalue weighted by atomic mass is 16.2. The molecule has 2 heterocycles. The summed E-state index contributed by atoms with van der Waals surface area (Å²) in [6, 6.07) is 9.51. The zero-order valence-corrected chi connectivity index (χ0v) is 10.8. The van der Waals surface area contributed by atoms with Crippen LogP contribution in [0.4, 0.5) is 0 Å². The molecule has 0 bridgehead atoms. The fraction of sp³-hybridized carbons (Fsp3) is 0.467.